The molecule has 0 saturated heterocycles. The highest BCUT2D eigenvalue weighted by atomic mass is 16.4. The number of aromatic hydroxyl groups is 2. The lowest BCUT2D eigenvalue weighted by Gasteiger charge is -2.20. The number of phenols is 2. The van der Waals surface area contributed by atoms with Crippen molar-refractivity contribution in [3.05, 3.63) is 48.1 Å². The first-order valence-corrected chi connectivity index (χ1v) is 8.95. The van der Waals surface area contributed by atoms with Crippen LogP contribution in [0.3, 0.4) is 0 Å². The normalized spacial score (nSPS) is 12.8. The number of hydrogen-bond acceptors (Lipinski definition) is 7. The summed E-state index contributed by atoms with van der Waals surface area (Å²) in [6.07, 6.45) is 4.52. The number of phenolic OH excluding ortho intramolecular Hbond substituents is 2. The molecule has 2 aromatic rings. The average molecular weight is 431 g/mol. The summed E-state index contributed by atoms with van der Waals surface area (Å²) in [6, 6.07) is 1.30. The highest BCUT2D eigenvalue weighted by Gasteiger charge is 2.27. The van der Waals surface area contributed by atoms with E-state index in [9.17, 15) is 29.4 Å². The summed E-state index contributed by atoms with van der Waals surface area (Å²) < 4.78 is 0. The zero-order valence-corrected chi connectivity index (χ0v) is 16.1. The SMILES string of the molecule is NC(=O)[C@H](CC(=O)O)NC(=O)[C@H](Cc1cnc[nH]1)NC(=O)/C=C/c1ccc(O)c(O)c1. The number of carbonyl (C=O) groups is 4. The zero-order valence-electron chi connectivity index (χ0n) is 16.1. The molecule has 12 nitrogen and oxygen atoms in total. The topological polar surface area (TPSA) is 208 Å². The Labute approximate surface area is 175 Å². The van der Waals surface area contributed by atoms with E-state index in [1.807, 2.05) is 0 Å². The molecule has 0 radical (unpaired) electrons. The van der Waals surface area contributed by atoms with Gasteiger partial charge in [0.1, 0.15) is 12.1 Å². The predicted molar refractivity (Wildman–Crippen MR) is 106 cm³/mol. The molecule has 3 amide bonds. The van der Waals surface area contributed by atoms with Crippen molar-refractivity contribution in [3.63, 3.8) is 0 Å². The first-order valence-electron chi connectivity index (χ1n) is 8.95. The molecule has 0 aliphatic carbocycles. The Kier molecular flexibility index (Phi) is 7.72. The number of nitrogens with two attached hydrogens (primary N) is 1. The summed E-state index contributed by atoms with van der Waals surface area (Å²) in [4.78, 5) is 53.8. The van der Waals surface area contributed by atoms with E-state index in [4.69, 9.17) is 10.8 Å². The van der Waals surface area contributed by atoms with Crippen LogP contribution in [0.15, 0.2) is 36.8 Å². The largest absolute Gasteiger partial charge is 0.504 e. The number of aromatic amines is 1. The molecule has 0 saturated carbocycles. The monoisotopic (exact) mass is 431 g/mol. The predicted octanol–water partition coefficient (Wildman–Crippen LogP) is -0.994. The molecule has 2 rings (SSSR count). The number of nitrogens with zero attached hydrogens (tertiary/aromatic N) is 1. The molecule has 0 unspecified atom stereocenters. The minimum atomic E-state index is -1.46. The molecule has 31 heavy (non-hydrogen) atoms. The number of imidazole rings is 1. The Morgan fingerprint density at radius 2 is 1.87 bits per heavy atom. The van der Waals surface area contributed by atoms with Crippen LogP contribution in [0.1, 0.15) is 17.7 Å². The van der Waals surface area contributed by atoms with Crippen LogP contribution >= 0.6 is 0 Å². The van der Waals surface area contributed by atoms with E-state index in [1.54, 1.807) is 0 Å². The van der Waals surface area contributed by atoms with Gasteiger partial charge >= 0.3 is 5.97 Å². The number of nitrogens with one attached hydrogen (secondary N) is 3. The highest BCUT2D eigenvalue weighted by molar-refractivity contribution is 5.97. The fourth-order valence-corrected chi connectivity index (χ4v) is 2.53. The smallest absolute Gasteiger partial charge is 0.305 e. The molecule has 1 heterocycles. The van der Waals surface area contributed by atoms with E-state index in [1.165, 1.54) is 36.8 Å². The quantitative estimate of drug-likeness (QED) is 0.183. The molecule has 2 atom stereocenters. The van der Waals surface area contributed by atoms with Gasteiger partial charge in [0.25, 0.3) is 0 Å². The number of carbonyl (C=O) groups excluding carboxylic acids is 3. The highest BCUT2D eigenvalue weighted by Crippen LogP contribution is 2.25. The summed E-state index contributed by atoms with van der Waals surface area (Å²) in [5.41, 5.74) is 6.05. The third-order valence-electron chi connectivity index (χ3n) is 4.08. The lowest BCUT2D eigenvalue weighted by atomic mass is 10.1. The third-order valence-corrected chi connectivity index (χ3v) is 4.08. The van der Waals surface area contributed by atoms with Crippen LogP contribution in [0.25, 0.3) is 6.08 Å². The number of H-pyrrole nitrogens is 1. The Morgan fingerprint density at radius 3 is 2.45 bits per heavy atom. The number of carboxylic acids is 1. The van der Waals surface area contributed by atoms with Crippen molar-refractivity contribution in [2.75, 3.05) is 0 Å². The first kappa shape index (κ1) is 22.9. The van der Waals surface area contributed by atoms with Gasteiger partial charge in [-0.25, -0.2) is 4.98 Å². The second kappa shape index (κ2) is 10.4. The van der Waals surface area contributed by atoms with E-state index in [0.29, 0.717) is 11.3 Å². The Balaban J connectivity index is 2.12. The van der Waals surface area contributed by atoms with Gasteiger partial charge in [0, 0.05) is 24.4 Å². The van der Waals surface area contributed by atoms with Gasteiger partial charge in [0.15, 0.2) is 11.5 Å². The molecular weight excluding hydrogens is 410 g/mol. The first-order chi connectivity index (χ1) is 14.7. The number of aromatic nitrogens is 2. The van der Waals surface area contributed by atoms with Crippen LogP contribution < -0.4 is 16.4 Å². The van der Waals surface area contributed by atoms with Crippen molar-refractivity contribution < 1.29 is 34.5 Å². The fourth-order valence-electron chi connectivity index (χ4n) is 2.53. The molecule has 12 heteroatoms. The van der Waals surface area contributed by atoms with Crippen molar-refractivity contribution >= 4 is 29.8 Å². The molecule has 1 aromatic carbocycles. The van der Waals surface area contributed by atoms with Crippen molar-refractivity contribution in [3.8, 4) is 11.5 Å². The minimum Gasteiger partial charge on any atom is -0.504 e. The van der Waals surface area contributed by atoms with E-state index in [2.05, 4.69) is 20.6 Å². The van der Waals surface area contributed by atoms with E-state index >= 15 is 0 Å². The number of benzene rings is 1. The van der Waals surface area contributed by atoms with Gasteiger partial charge in [-0.3, -0.25) is 19.2 Å². The number of aliphatic carboxylic acids is 1. The zero-order chi connectivity index (χ0) is 23.0. The Bertz CT molecular complexity index is 988. The summed E-state index contributed by atoms with van der Waals surface area (Å²) in [5.74, 6) is -4.55. The molecule has 0 spiro atoms. The summed E-state index contributed by atoms with van der Waals surface area (Å²) in [7, 11) is 0. The van der Waals surface area contributed by atoms with Gasteiger partial charge < -0.3 is 36.7 Å². The van der Waals surface area contributed by atoms with Gasteiger partial charge in [-0.1, -0.05) is 6.07 Å². The number of rotatable bonds is 10. The van der Waals surface area contributed by atoms with Crippen molar-refractivity contribution in [2.45, 2.75) is 24.9 Å². The maximum absolute atomic E-state index is 12.6. The molecule has 0 bridgehead atoms. The number of amides is 3. The second-order valence-electron chi connectivity index (χ2n) is 6.49. The minimum absolute atomic E-state index is 0.0238. The van der Waals surface area contributed by atoms with Gasteiger partial charge in [0.05, 0.1) is 12.7 Å². The van der Waals surface area contributed by atoms with Crippen molar-refractivity contribution in [1.29, 1.82) is 0 Å². The fraction of sp³-hybridized carbons (Fsp3) is 0.211. The number of hydrogen-bond donors (Lipinski definition) is 7. The molecular formula is C19H21N5O7. The molecule has 164 valence electrons. The number of primary amides is 1. The van der Waals surface area contributed by atoms with Crippen LogP contribution in [-0.2, 0) is 25.6 Å². The van der Waals surface area contributed by atoms with Gasteiger partial charge in [-0.2, -0.15) is 0 Å². The Hall–Kier alpha value is -4.35. The maximum atomic E-state index is 12.6. The van der Waals surface area contributed by atoms with E-state index in [-0.39, 0.29) is 17.9 Å². The Morgan fingerprint density at radius 1 is 1.13 bits per heavy atom. The number of carboxylic acid groups (broad SMARTS) is 1. The van der Waals surface area contributed by atoms with Gasteiger partial charge in [-0.05, 0) is 23.8 Å². The average Bonchev–Trinajstić information content (AvgIpc) is 3.20. The summed E-state index contributed by atoms with van der Waals surface area (Å²) in [6.45, 7) is 0. The van der Waals surface area contributed by atoms with Crippen LogP contribution in [-0.4, -0.2) is 61.1 Å². The van der Waals surface area contributed by atoms with E-state index < -0.39 is 42.2 Å². The lowest BCUT2D eigenvalue weighted by molar-refractivity contribution is -0.140. The van der Waals surface area contributed by atoms with Crippen LogP contribution in [0.4, 0.5) is 0 Å². The van der Waals surface area contributed by atoms with Crippen LogP contribution in [0.2, 0.25) is 0 Å². The molecule has 1 aromatic heterocycles. The summed E-state index contributed by atoms with van der Waals surface area (Å²) in [5, 5.41) is 32.3. The van der Waals surface area contributed by atoms with Crippen molar-refractivity contribution in [2.24, 2.45) is 5.73 Å². The lowest BCUT2D eigenvalue weighted by Crippen LogP contribution is -2.54. The molecule has 0 aliphatic heterocycles. The van der Waals surface area contributed by atoms with Crippen molar-refractivity contribution in [1.82, 2.24) is 20.6 Å². The molecule has 0 aliphatic rings. The van der Waals surface area contributed by atoms with Crippen LogP contribution in [0, 0.1) is 0 Å². The molecule has 0 fully saturated rings. The van der Waals surface area contributed by atoms with Gasteiger partial charge in [0.2, 0.25) is 17.7 Å². The second-order valence-corrected chi connectivity index (χ2v) is 6.49. The van der Waals surface area contributed by atoms with Gasteiger partial charge in [-0.15, -0.1) is 0 Å². The summed E-state index contributed by atoms with van der Waals surface area (Å²) >= 11 is 0. The maximum Gasteiger partial charge on any atom is 0.305 e. The third kappa shape index (κ3) is 7.20. The van der Waals surface area contributed by atoms with Crippen LogP contribution in [0.5, 0.6) is 11.5 Å². The van der Waals surface area contributed by atoms with E-state index in [0.717, 1.165) is 6.08 Å². The molecule has 8 N–H and O–H groups in total. The standard InChI is InChI=1S/C19H21N5O7/c20-18(30)12(7-17(28)29)24-19(31)13(6-11-8-21-9-22-11)23-16(27)4-2-10-1-3-14(25)15(26)5-10/h1-5,8-9,12-13,25-26H,6-7H2,(H2,20,30)(H,21,22)(H,23,27)(H,24,31)(H,28,29)/b4-2+/t12-,13-/m0/s1.